The Balaban J connectivity index is 1.21. The number of fused-ring (bicyclic) bond motifs is 2. The van der Waals surface area contributed by atoms with Gasteiger partial charge in [-0.1, -0.05) is 83.2 Å². The van der Waals surface area contributed by atoms with Crippen LogP contribution >= 0.6 is 0 Å². The zero-order chi connectivity index (χ0) is 38.0. The molecule has 2 aromatic carbocycles. The molecule has 4 aliphatic carbocycles. The molecule has 0 unspecified atom stereocenters. The number of hydroxylamine groups is 2. The lowest BCUT2D eigenvalue weighted by atomic mass is 9.45. The van der Waals surface area contributed by atoms with Gasteiger partial charge in [0, 0.05) is 41.2 Å². The summed E-state index contributed by atoms with van der Waals surface area (Å²) in [6.07, 6.45) is 7.85. The largest absolute Gasteiger partial charge is 0.496 e. The Morgan fingerprint density at radius 3 is 2.47 bits per heavy atom. The number of likely N-dealkylation sites (N-methyl/N-ethyl adjacent to an activating group) is 1. The summed E-state index contributed by atoms with van der Waals surface area (Å²) in [6.45, 7) is 9.25. The third-order valence-electron chi connectivity index (χ3n) is 13.4. The Morgan fingerprint density at radius 1 is 1.09 bits per heavy atom. The van der Waals surface area contributed by atoms with Gasteiger partial charge in [0.1, 0.15) is 17.9 Å². The van der Waals surface area contributed by atoms with E-state index in [1.165, 1.54) is 38.5 Å². The highest BCUT2D eigenvalue weighted by atomic mass is 16.7. The molecule has 2 amide bonds. The smallest absolute Gasteiger partial charge is 0.251 e. The number of amides is 2. The van der Waals surface area contributed by atoms with E-state index in [-0.39, 0.29) is 37.0 Å². The number of carbonyl (C=O) groups is 2. The molecule has 1 heterocycles. The van der Waals surface area contributed by atoms with Gasteiger partial charge in [-0.25, -0.2) is 0 Å². The predicted octanol–water partition coefficient (Wildman–Crippen LogP) is 5.65. The van der Waals surface area contributed by atoms with Gasteiger partial charge in [0.15, 0.2) is 0 Å². The van der Waals surface area contributed by atoms with Gasteiger partial charge in [-0.3, -0.25) is 14.4 Å². The maximum Gasteiger partial charge on any atom is 0.251 e. The number of benzene rings is 2. The van der Waals surface area contributed by atoms with Crippen molar-refractivity contribution in [3.05, 3.63) is 53.6 Å². The van der Waals surface area contributed by atoms with Crippen molar-refractivity contribution in [1.29, 1.82) is 0 Å². The number of hydrogen-bond acceptors (Lipinski definition) is 8. The molecule has 5 fully saturated rings. The number of aliphatic hydroxyl groups is 2. The Hall–Kier alpha value is -3.02. The van der Waals surface area contributed by atoms with Crippen LogP contribution in [-0.4, -0.2) is 96.7 Å². The molecular weight excluding hydrogens is 668 g/mol. The first kappa shape index (κ1) is 39.7. The summed E-state index contributed by atoms with van der Waals surface area (Å²) < 4.78 is 6.04. The zero-order valence-electron chi connectivity index (χ0n) is 33.0. The average Bonchev–Trinajstić information content (AvgIpc) is 3.51. The molecule has 2 aromatic rings. The lowest BCUT2D eigenvalue weighted by Crippen LogP contribution is -2.62. The normalized spacial score (nSPS) is 29.7. The van der Waals surface area contributed by atoms with Crippen LogP contribution in [0.25, 0.3) is 11.1 Å². The second-order valence-corrected chi connectivity index (χ2v) is 17.5. The fourth-order valence-corrected chi connectivity index (χ4v) is 10.4. The number of nitrogens with zero attached hydrogens (tertiary/aromatic N) is 2. The quantitative estimate of drug-likeness (QED) is 0.197. The Labute approximate surface area is 316 Å². The number of methoxy groups -OCH3 is 1. The minimum Gasteiger partial charge on any atom is -0.496 e. The van der Waals surface area contributed by atoms with Crippen molar-refractivity contribution in [2.75, 3.05) is 34.4 Å². The summed E-state index contributed by atoms with van der Waals surface area (Å²) in [6, 6.07) is 12.8. The van der Waals surface area contributed by atoms with Gasteiger partial charge in [-0.15, -0.1) is 0 Å². The average molecular weight is 733 g/mol. The second-order valence-electron chi connectivity index (χ2n) is 17.5. The molecule has 10 nitrogen and oxygen atoms in total. The molecule has 1 saturated heterocycles. The molecule has 2 bridgehead atoms. The van der Waals surface area contributed by atoms with Crippen molar-refractivity contribution >= 4 is 11.8 Å². The van der Waals surface area contributed by atoms with Crippen LogP contribution in [0.2, 0.25) is 0 Å². The number of ether oxygens (including phenoxy) is 1. The van der Waals surface area contributed by atoms with Gasteiger partial charge in [0.25, 0.3) is 5.91 Å². The highest BCUT2D eigenvalue weighted by Crippen LogP contribution is 2.61. The SMILES string of the molecule is COc1c(CN2O[C@@H](CO)[C@@H]([C@H](C)O)[C@H]2C(=O)N[C@H]2C[C@@H]3C[C@@H]([C@@H]2C)C3(C)C)cccc1-c1cccc(C(=O)N[C@@H](CC2CCCCC2)CN(C)C)c1. The summed E-state index contributed by atoms with van der Waals surface area (Å²) in [7, 11) is 5.73. The monoisotopic (exact) mass is 732 g/mol. The summed E-state index contributed by atoms with van der Waals surface area (Å²) in [5.41, 5.74) is 3.32. The van der Waals surface area contributed by atoms with Crippen molar-refractivity contribution < 1.29 is 29.4 Å². The van der Waals surface area contributed by atoms with E-state index in [1.54, 1.807) is 19.1 Å². The third kappa shape index (κ3) is 8.47. The highest BCUT2D eigenvalue weighted by molar-refractivity contribution is 5.96. The first-order valence-corrected chi connectivity index (χ1v) is 20.1. The van der Waals surface area contributed by atoms with Crippen LogP contribution in [0.5, 0.6) is 5.75 Å². The summed E-state index contributed by atoms with van der Waals surface area (Å²) in [5.74, 6) is 1.86. The first-order valence-electron chi connectivity index (χ1n) is 20.1. The van der Waals surface area contributed by atoms with Gasteiger partial charge in [-0.05, 0) is 87.1 Å². The van der Waals surface area contributed by atoms with Gasteiger partial charge < -0.3 is 30.5 Å². The molecule has 5 aliphatic rings. The Bertz CT molecular complexity index is 1570. The van der Waals surface area contributed by atoms with Crippen molar-refractivity contribution in [1.82, 2.24) is 20.6 Å². The molecule has 53 heavy (non-hydrogen) atoms. The predicted molar refractivity (Wildman–Crippen MR) is 207 cm³/mol. The number of para-hydroxylation sites is 1. The lowest BCUT2D eigenvalue weighted by Gasteiger charge is -2.62. The molecule has 0 aromatic heterocycles. The fraction of sp³-hybridized carbons (Fsp3) is 0.674. The first-order chi connectivity index (χ1) is 25.3. The standard InChI is InChI=1S/C43H64N4O6/c1-26-35-21-32(43(35,3)4)22-36(26)45-42(51)39-38(27(2)49)37(25-48)53-47(39)23-31-17-12-18-34(40(31)52-7)29-15-11-16-30(20-29)41(50)44-33(24-46(5)6)19-28-13-9-8-10-14-28/h11-12,15-18,20,26-28,32-33,35-39,48-49H,8-10,13-14,19,21-25H2,1-7H3,(H,44,50)(H,45,51)/t26-,27-,32-,33-,35-,36-,37-,38+,39-/m0/s1. The topological polar surface area (TPSA) is 124 Å². The van der Waals surface area contributed by atoms with Crippen molar-refractivity contribution in [2.45, 2.75) is 116 Å². The van der Waals surface area contributed by atoms with Crippen LogP contribution in [0, 0.1) is 35.0 Å². The fourth-order valence-electron chi connectivity index (χ4n) is 10.4. The van der Waals surface area contributed by atoms with E-state index in [9.17, 15) is 19.8 Å². The highest BCUT2D eigenvalue weighted by Gasteiger charge is 2.57. The number of carbonyl (C=O) groups excluding carboxylic acids is 2. The molecule has 9 atom stereocenters. The summed E-state index contributed by atoms with van der Waals surface area (Å²) in [4.78, 5) is 36.3. The van der Waals surface area contributed by atoms with E-state index >= 15 is 0 Å². The van der Waals surface area contributed by atoms with E-state index < -0.39 is 24.2 Å². The van der Waals surface area contributed by atoms with Crippen LogP contribution in [0.4, 0.5) is 0 Å². The van der Waals surface area contributed by atoms with E-state index in [4.69, 9.17) is 9.57 Å². The van der Waals surface area contributed by atoms with Crippen LogP contribution in [0.3, 0.4) is 0 Å². The molecule has 10 heteroatoms. The second kappa shape index (κ2) is 16.8. The van der Waals surface area contributed by atoms with Gasteiger partial charge >= 0.3 is 0 Å². The van der Waals surface area contributed by atoms with Gasteiger partial charge in [0.05, 0.1) is 26.4 Å². The van der Waals surface area contributed by atoms with E-state index in [0.717, 1.165) is 36.1 Å². The van der Waals surface area contributed by atoms with Crippen molar-refractivity contribution in [2.24, 2.45) is 35.0 Å². The molecule has 4 saturated carbocycles. The number of rotatable bonds is 14. The molecule has 292 valence electrons. The molecular formula is C43H64N4O6. The number of hydrogen-bond donors (Lipinski definition) is 4. The van der Waals surface area contributed by atoms with E-state index in [0.29, 0.717) is 40.4 Å². The Morgan fingerprint density at radius 2 is 1.83 bits per heavy atom. The van der Waals surface area contributed by atoms with E-state index in [1.807, 2.05) is 42.5 Å². The van der Waals surface area contributed by atoms with Crippen LogP contribution in [-0.2, 0) is 16.2 Å². The molecule has 1 aliphatic heterocycles. The number of aliphatic hydroxyl groups excluding tert-OH is 2. The molecule has 0 spiro atoms. The minimum atomic E-state index is -0.883. The third-order valence-corrected chi connectivity index (χ3v) is 13.4. The zero-order valence-corrected chi connectivity index (χ0v) is 33.0. The molecule has 4 N–H and O–H groups in total. The van der Waals surface area contributed by atoms with Crippen LogP contribution < -0.4 is 15.4 Å². The minimum absolute atomic E-state index is 0.0525. The van der Waals surface area contributed by atoms with Gasteiger partial charge in [-0.2, -0.15) is 5.06 Å². The lowest BCUT2D eigenvalue weighted by molar-refractivity contribution is -0.183. The summed E-state index contributed by atoms with van der Waals surface area (Å²) in [5, 5.41) is 29.6. The van der Waals surface area contributed by atoms with Crippen molar-refractivity contribution in [3.8, 4) is 16.9 Å². The maximum absolute atomic E-state index is 14.2. The van der Waals surface area contributed by atoms with E-state index in [2.05, 4.69) is 50.4 Å². The van der Waals surface area contributed by atoms with Crippen molar-refractivity contribution in [3.63, 3.8) is 0 Å². The molecule has 7 rings (SSSR count). The Kier molecular flexibility index (Phi) is 12.6. The van der Waals surface area contributed by atoms with Crippen LogP contribution in [0.15, 0.2) is 42.5 Å². The maximum atomic E-state index is 14.2. The summed E-state index contributed by atoms with van der Waals surface area (Å²) >= 11 is 0. The van der Waals surface area contributed by atoms with Crippen LogP contribution in [0.1, 0.15) is 95.0 Å². The van der Waals surface area contributed by atoms with Gasteiger partial charge in [0.2, 0.25) is 5.91 Å². The molecule has 0 radical (unpaired) electrons. The number of nitrogens with one attached hydrogen (secondary N) is 2.